The first-order valence-corrected chi connectivity index (χ1v) is 10.9. The van der Waals surface area contributed by atoms with Crippen molar-refractivity contribution >= 4 is 32.1 Å². The Balaban J connectivity index is 1.66. The average molecular weight is 367 g/mol. The van der Waals surface area contributed by atoms with E-state index in [1.54, 1.807) is 0 Å². The standard InChI is InChI=1S/C16H21N3O3S2/c17-10-13-12-4-2-1-3-5-14(12)23-16(13)18-15(20)11-19-6-8-24(21,22)9-7-19/h1-9,11H2,(H,18,20). The Bertz CT molecular complexity index is 763. The van der Waals surface area contributed by atoms with Gasteiger partial charge in [0.15, 0.2) is 9.84 Å². The second-order valence-corrected chi connectivity index (χ2v) is 9.77. The predicted octanol–water partition coefficient (Wildman–Crippen LogP) is 1.56. The predicted molar refractivity (Wildman–Crippen MR) is 94.0 cm³/mol. The van der Waals surface area contributed by atoms with E-state index >= 15 is 0 Å². The summed E-state index contributed by atoms with van der Waals surface area (Å²) in [5, 5.41) is 13.0. The summed E-state index contributed by atoms with van der Waals surface area (Å²) in [5.74, 6) is 0.0378. The van der Waals surface area contributed by atoms with Gasteiger partial charge in [-0.3, -0.25) is 9.69 Å². The number of anilines is 1. The van der Waals surface area contributed by atoms with Crippen LogP contribution in [0.25, 0.3) is 0 Å². The number of carbonyl (C=O) groups is 1. The molecule has 6 nitrogen and oxygen atoms in total. The van der Waals surface area contributed by atoms with Crippen LogP contribution in [0.3, 0.4) is 0 Å². The summed E-state index contributed by atoms with van der Waals surface area (Å²) >= 11 is 1.52. The highest BCUT2D eigenvalue weighted by molar-refractivity contribution is 7.91. The van der Waals surface area contributed by atoms with Gasteiger partial charge in [0.25, 0.3) is 0 Å². The van der Waals surface area contributed by atoms with Crippen molar-refractivity contribution < 1.29 is 13.2 Å². The summed E-state index contributed by atoms with van der Waals surface area (Å²) in [4.78, 5) is 15.4. The molecule has 8 heteroatoms. The number of hydrogen-bond donors (Lipinski definition) is 1. The maximum Gasteiger partial charge on any atom is 0.239 e. The third kappa shape index (κ3) is 3.97. The Morgan fingerprint density at radius 1 is 1.21 bits per heavy atom. The van der Waals surface area contributed by atoms with Crippen LogP contribution in [0.2, 0.25) is 0 Å². The number of nitrogens with zero attached hydrogens (tertiary/aromatic N) is 2. The van der Waals surface area contributed by atoms with E-state index in [0.29, 0.717) is 23.7 Å². The van der Waals surface area contributed by atoms with Gasteiger partial charge in [-0.1, -0.05) is 6.42 Å². The van der Waals surface area contributed by atoms with Gasteiger partial charge in [0, 0.05) is 18.0 Å². The monoisotopic (exact) mass is 367 g/mol. The Kier molecular flexibility index (Phi) is 5.23. The second kappa shape index (κ2) is 7.21. The van der Waals surface area contributed by atoms with Crippen LogP contribution in [0.5, 0.6) is 0 Å². The van der Waals surface area contributed by atoms with Gasteiger partial charge >= 0.3 is 0 Å². The number of thiophene rings is 1. The molecule has 1 amide bonds. The van der Waals surface area contributed by atoms with Crippen LogP contribution in [0.1, 0.15) is 35.3 Å². The van der Waals surface area contributed by atoms with Gasteiger partial charge in [-0.25, -0.2) is 8.42 Å². The first-order valence-electron chi connectivity index (χ1n) is 8.26. The van der Waals surface area contributed by atoms with Gasteiger partial charge in [-0.2, -0.15) is 5.26 Å². The maximum atomic E-state index is 12.3. The molecule has 1 saturated heterocycles. The largest absolute Gasteiger partial charge is 0.315 e. The molecule has 1 aliphatic heterocycles. The molecule has 1 aromatic rings. The fourth-order valence-electron chi connectivity index (χ4n) is 3.23. The molecule has 0 radical (unpaired) electrons. The molecule has 1 N–H and O–H groups in total. The SMILES string of the molecule is N#Cc1c(NC(=O)CN2CCS(=O)(=O)CC2)sc2c1CCCCC2. The first-order chi connectivity index (χ1) is 11.5. The van der Waals surface area contributed by atoms with Crippen LogP contribution in [-0.2, 0) is 27.5 Å². The summed E-state index contributed by atoms with van der Waals surface area (Å²) in [7, 11) is -2.94. The quantitative estimate of drug-likeness (QED) is 0.819. The number of nitrogens with one attached hydrogen (secondary N) is 1. The molecule has 2 heterocycles. The van der Waals surface area contributed by atoms with Crippen LogP contribution in [0.15, 0.2) is 0 Å². The lowest BCUT2D eigenvalue weighted by molar-refractivity contribution is -0.117. The van der Waals surface area contributed by atoms with E-state index in [1.165, 1.54) is 22.6 Å². The molecule has 1 aliphatic carbocycles. The zero-order valence-electron chi connectivity index (χ0n) is 13.5. The van der Waals surface area contributed by atoms with Crippen molar-refractivity contribution in [2.75, 3.05) is 36.5 Å². The molecular weight excluding hydrogens is 346 g/mol. The zero-order chi connectivity index (χ0) is 17.2. The molecular formula is C16H21N3O3S2. The maximum absolute atomic E-state index is 12.3. The van der Waals surface area contributed by atoms with Crippen molar-refractivity contribution in [1.82, 2.24) is 4.90 Å². The molecule has 24 heavy (non-hydrogen) atoms. The molecule has 0 spiro atoms. The van der Waals surface area contributed by atoms with Crippen molar-refractivity contribution in [3.63, 3.8) is 0 Å². The highest BCUT2D eigenvalue weighted by Gasteiger charge is 2.25. The second-order valence-electron chi connectivity index (χ2n) is 6.36. The summed E-state index contributed by atoms with van der Waals surface area (Å²) in [6.45, 7) is 0.951. The Morgan fingerprint density at radius 2 is 1.92 bits per heavy atom. The first kappa shape index (κ1) is 17.4. The molecule has 0 aromatic carbocycles. The number of carbonyl (C=O) groups excluding carboxylic acids is 1. The Morgan fingerprint density at radius 3 is 2.62 bits per heavy atom. The smallest absolute Gasteiger partial charge is 0.239 e. The van der Waals surface area contributed by atoms with E-state index < -0.39 is 9.84 Å². The summed E-state index contributed by atoms with van der Waals surface area (Å²) in [6.07, 6.45) is 5.30. The third-order valence-corrected chi connectivity index (χ3v) is 7.41. The molecule has 1 fully saturated rings. The van der Waals surface area contributed by atoms with Crippen LogP contribution in [-0.4, -0.2) is 50.4 Å². The number of aryl methyl sites for hydroxylation is 1. The number of hydrogen-bond acceptors (Lipinski definition) is 6. The van der Waals surface area contributed by atoms with Crippen LogP contribution in [0, 0.1) is 11.3 Å². The molecule has 130 valence electrons. The van der Waals surface area contributed by atoms with E-state index in [9.17, 15) is 18.5 Å². The summed E-state index contributed by atoms with van der Waals surface area (Å²) in [6, 6.07) is 2.25. The van der Waals surface area contributed by atoms with Crippen molar-refractivity contribution in [3.05, 3.63) is 16.0 Å². The third-order valence-electron chi connectivity index (χ3n) is 4.59. The number of rotatable bonds is 3. The molecule has 3 rings (SSSR count). The topological polar surface area (TPSA) is 90.3 Å². The minimum atomic E-state index is -2.94. The Labute approximate surface area is 146 Å². The number of sulfone groups is 1. The minimum Gasteiger partial charge on any atom is -0.315 e. The van der Waals surface area contributed by atoms with Gasteiger partial charge in [-0.15, -0.1) is 11.3 Å². The normalized spacial score (nSPS) is 20.6. The summed E-state index contributed by atoms with van der Waals surface area (Å²) in [5.41, 5.74) is 1.73. The molecule has 0 bridgehead atoms. The number of amides is 1. The van der Waals surface area contributed by atoms with Crippen molar-refractivity contribution in [3.8, 4) is 6.07 Å². The molecule has 0 saturated carbocycles. The van der Waals surface area contributed by atoms with Gasteiger partial charge in [0.05, 0.1) is 23.6 Å². The Hall–Kier alpha value is -1.43. The van der Waals surface area contributed by atoms with E-state index in [2.05, 4.69) is 11.4 Å². The molecule has 0 atom stereocenters. The van der Waals surface area contributed by atoms with Crippen LogP contribution in [0.4, 0.5) is 5.00 Å². The van der Waals surface area contributed by atoms with Gasteiger partial charge in [0.2, 0.25) is 5.91 Å². The highest BCUT2D eigenvalue weighted by Crippen LogP contribution is 2.36. The lowest BCUT2D eigenvalue weighted by Crippen LogP contribution is -2.43. The van der Waals surface area contributed by atoms with Crippen molar-refractivity contribution in [2.24, 2.45) is 0 Å². The fraction of sp³-hybridized carbons (Fsp3) is 0.625. The lowest BCUT2D eigenvalue weighted by atomic mass is 10.1. The van der Waals surface area contributed by atoms with E-state index in [-0.39, 0.29) is 24.0 Å². The van der Waals surface area contributed by atoms with E-state index in [0.717, 1.165) is 31.2 Å². The van der Waals surface area contributed by atoms with Gasteiger partial charge in [0.1, 0.15) is 11.1 Å². The van der Waals surface area contributed by atoms with Crippen LogP contribution < -0.4 is 5.32 Å². The molecule has 0 unspecified atom stereocenters. The average Bonchev–Trinajstić information content (AvgIpc) is 2.69. The molecule has 2 aliphatic rings. The van der Waals surface area contributed by atoms with Gasteiger partial charge < -0.3 is 5.32 Å². The van der Waals surface area contributed by atoms with Gasteiger partial charge in [-0.05, 0) is 31.2 Å². The summed E-state index contributed by atoms with van der Waals surface area (Å²) < 4.78 is 22.9. The highest BCUT2D eigenvalue weighted by atomic mass is 32.2. The molecule has 1 aromatic heterocycles. The van der Waals surface area contributed by atoms with Crippen molar-refractivity contribution in [2.45, 2.75) is 32.1 Å². The lowest BCUT2D eigenvalue weighted by Gasteiger charge is -2.25. The number of fused-ring (bicyclic) bond motifs is 1. The van der Waals surface area contributed by atoms with Crippen molar-refractivity contribution in [1.29, 1.82) is 5.26 Å². The van der Waals surface area contributed by atoms with E-state index in [4.69, 9.17) is 0 Å². The van der Waals surface area contributed by atoms with Crippen LogP contribution >= 0.6 is 11.3 Å². The number of nitriles is 1. The fourth-order valence-corrected chi connectivity index (χ4v) is 5.76. The zero-order valence-corrected chi connectivity index (χ0v) is 15.1. The minimum absolute atomic E-state index is 0.108. The van der Waals surface area contributed by atoms with E-state index in [1.807, 2.05) is 4.90 Å².